The van der Waals surface area contributed by atoms with E-state index in [4.69, 9.17) is 0 Å². The van der Waals surface area contributed by atoms with Gasteiger partial charge >= 0.3 is 0 Å². The molecule has 5 heteroatoms. The molecule has 1 heterocycles. The van der Waals surface area contributed by atoms with Crippen LogP contribution >= 0.6 is 0 Å². The average Bonchev–Trinajstić information content (AvgIpc) is 3.37. The number of pyridine rings is 1. The van der Waals surface area contributed by atoms with Crippen molar-refractivity contribution in [3.05, 3.63) is 59.3 Å². The second-order valence-corrected chi connectivity index (χ2v) is 5.95. The Morgan fingerprint density at radius 2 is 2.00 bits per heavy atom. The molecule has 0 aliphatic heterocycles. The van der Waals surface area contributed by atoms with E-state index in [1.54, 1.807) is 19.2 Å². The molecule has 1 saturated carbocycles. The number of amides is 1. The number of benzene rings is 1. The molecule has 1 aliphatic carbocycles. The van der Waals surface area contributed by atoms with Gasteiger partial charge in [-0.2, -0.15) is 0 Å². The Morgan fingerprint density at radius 3 is 2.57 bits per heavy atom. The molecule has 1 atom stereocenters. The van der Waals surface area contributed by atoms with Crippen LogP contribution in [0.25, 0.3) is 0 Å². The minimum absolute atomic E-state index is 0.0553. The van der Waals surface area contributed by atoms with E-state index in [1.807, 2.05) is 30.3 Å². The SMILES string of the molecule is CC(O)c1ccc(CNc2ccc(C(=O)NC3CC3)cn2)cc1. The van der Waals surface area contributed by atoms with Crippen LogP contribution in [0.3, 0.4) is 0 Å². The zero-order valence-corrected chi connectivity index (χ0v) is 13.1. The number of carbonyl (C=O) groups excluding carboxylic acids is 1. The van der Waals surface area contributed by atoms with Crippen molar-refractivity contribution in [1.82, 2.24) is 10.3 Å². The highest BCUT2D eigenvalue weighted by molar-refractivity contribution is 5.94. The summed E-state index contributed by atoms with van der Waals surface area (Å²) in [6.07, 6.45) is 3.30. The monoisotopic (exact) mass is 311 g/mol. The number of nitrogens with one attached hydrogen (secondary N) is 2. The molecule has 5 nitrogen and oxygen atoms in total. The molecule has 1 aromatic carbocycles. The van der Waals surface area contributed by atoms with Crippen LogP contribution in [0.15, 0.2) is 42.6 Å². The molecule has 1 aromatic heterocycles. The summed E-state index contributed by atoms with van der Waals surface area (Å²) in [6, 6.07) is 11.7. The van der Waals surface area contributed by atoms with Gasteiger partial charge in [0.25, 0.3) is 5.91 Å². The highest BCUT2D eigenvalue weighted by Crippen LogP contribution is 2.19. The standard InChI is InChI=1S/C18H21N3O2/c1-12(22)14-4-2-13(3-5-14)10-19-17-9-6-15(11-20-17)18(23)21-16-7-8-16/h2-6,9,11-12,16,22H,7-8,10H2,1H3,(H,19,20)(H,21,23). The van der Waals surface area contributed by atoms with E-state index in [2.05, 4.69) is 15.6 Å². The molecule has 0 radical (unpaired) electrons. The van der Waals surface area contributed by atoms with Gasteiger partial charge in [-0.15, -0.1) is 0 Å². The van der Waals surface area contributed by atoms with Crippen molar-refractivity contribution in [3.8, 4) is 0 Å². The number of aromatic nitrogens is 1. The third-order valence-corrected chi connectivity index (χ3v) is 3.87. The van der Waals surface area contributed by atoms with Gasteiger partial charge in [0, 0.05) is 18.8 Å². The van der Waals surface area contributed by atoms with Crippen LogP contribution in [0.4, 0.5) is 5.82 Å². The molecule has 0 spiro atoms. The first kappa shape index (κ1) is 15.5. The third-order valence-electron chi connectivity index (χ3n) is 3.87. The number of hydrogen-bond acceptors (Lipinski definition) is 4. The maximum absolute atomic E-state index is 11.9. The summed E-state index contributed by atoms with van der Waals surface area (Å²) in [5.41, 5.74) is 2.59. The molecular weight excluding hydrogens is 290 g/mol. The summed E-state index contributed by atoms with van der Waals surface area (Å²) in [5.74, 6) is 0.674. The van der Waals surface area contributed by atoms with Crippen molar-refractivity contribution in [2.45, 2.75) is 38.5 Å². The van der Waals surface area contributed by atoms with E-state index >= 15 is 0 Å². The summed E-state index contributed by atoms with van der Waals surface area (Å²) >= 11 is 0. The highest BCUT2D eigenvalue weighted by atomic mass is 16.3. The minimum Gasteiger partial charge on any atom is -0.389 e. The smallest absolute Gasteiger partial charge is 0.253 e. The first-order chi connectivity index (χ1) is 11.1. The van der Waals surface area contributed by atoms with Crippen LogP contribution in [0, 0.1) is 0 Å². The normalized spacial score (nSPS) is 15.0. The molecule has 0 saturated heterocycles. The molecule has 120 valence electrons. The fourth-order valence-corrected chi connectivity index (χ4v) is 2.24. The lowest BCUT2D eigenvalue weighted by Crippen LogP contribution is -2.25. The number of anilines is 1. The predicted octanol–water partition coefficient (Wildman–Crippen LogP) is 2.64. The van der Waals surface area contributed by atoms with Gasteiger partial charge in [0.15, 0.2) is 0 Å². The zero-order valence-electron chi connectivity index (χ0n) is 13.1. The summed E-state index contributed by atoms with van der Waals surface area (Å²) in [7, 11) is 0. The molecule has 2 aromatic rings. The molecule has 0 bridgehead atoms. The van der Waals surface area contributed by atoms with E-state index in [9.17, 15) is 9.90 Å². The Balaban J connectivity index is 1.54. The lowest BCUT2D eigenvalue weighted by atomic mass is 10.1. The maximum Gasteiger partial charge on any atom is 0.253 e. The van der Waals surface area contributed by atoms with Crippen molar-refractivity contribution in [2.24, 2.45) is 0 Å². The van der Waals surface area contributed by atoms with Crippen LogP contribution in [0.1, 0.15) is 47.4 Å². The number of hydrogen-bond donors (Lipinski definition) is 3. The zero-order chi connectivity index (χ0) is 16.2. The molecule has 1 aliphatic rings. The fraction of sp³-hybridized carbons (Fsp3) is 0.333. The summed E-state index contributed by atoms with van der Waals surface area (Å²) in [5, 5.41) is 15.7. The maximum atomic E-state index is 11.9. The van der Waals surface area contributed by atoms with Crippen LogP contribution in [0.5, 0.6) is 0 Å². The molecule has 1 fully saturated rings. The van der Waals surface area contributed by atoms with E-state index < -0.39 is 6.10 Å². The summed E-state index contributed by atoms with van der Waals surface area (Å²) < 4.78 is 0. The third kappa shape index (κ3) is 4.29. The van der Waals surface area contributed by atoms with Crippen molar-refractivity contribution in [1.29, 1.82) is 0 Å². The van der Waals surface area contributed by atoms with Crippen molar-refractivity contribution >= 4 is 11.7 Å². The number of rotatable bonds is 6. The fourth-order valence-electron chi connectivity index (χ4n) is 2.24. The van der Waals surface area contributed by atoms with Crippen LogP contribution in [-0.2, 0) is 6.54 Å². The molecule has 1 unspecified atom stereocenters. The van der Waals surface area contributed by atoms with Gasteiger partial charge in [0.05, 0.1) is 11.7 Å². The van der Waals surface area contributed by atoms with Gasteiger partial charge in [0.1, 0.15) is 5.82 Å². The molecular formula is C18H21N3O2. The first-order valence-corrected chi connectivity index (χ1v) is 7.89. The second-order valence-electron chi connectivity index (χ2n) is 5.95. The number of aliphatic hydroxyl groups excluding tert-OH is 1. The molecule has 23 heavy (non-hydrogen) atoms. The van der Waals surface area contributed by atoms with E-state index in [1.165, 1.54) is 0 Å². The van der Waals surface area contributed by atoms with Crippen LogP contribution in [-0.4, -0.2) is 22.0 Å². The van der Waals surface area contributed by atoms with Crippen molar-refractivity contribution in [2.75, 3.05) is 5.32 Å². The molecule has 3 rings (SSSR count). The molecule has 1 amide bonds. The van der Waals surface area contributed by atoms with E-state index in [0.717, 1.165) is 29.8 Å². The lowest BCUT2D eigenvalue weighted by molar-refractivity contribution is 0.0950. The minimum atomic E-state index is -0.451. The van der Waals surface area contributed by atoms with Crippen LogP contribution in [0.2, 0.25) is 0 Å². The Labute approximate surface area is 135 Å². The average molecular weight is 311 g/mol. The van der Waals surface area contributed by atoms with Gasteiger partial charge in [-0.05, 0) is 43.0 Å². The van der Waals surface area contributed by atoms with Gasteiger partial charge in [-0.3, -0.25) is 4.79 Å². The van der Waals surface area contributed by atoms with Gasteiger partial charge < -0.3 is 15.7 Å². The number of carbonyl (C=O) groups is 1. The number of nitrogens with zero attached hydrogens (tertiary/aromatic N) is 1. The largest absolute Gasteiger partial charge is 0.389 e. The highest BCUT2D eigenvalue weighted by Gasteiger charge is 2.23. The summed E-state index contributed by atoms with van der Waals surface area (Å²) in [6.45, 7) is 2.39. The lowest BCUT2D eigenvalue weighted by Gasteiger charge is -2.09. The van der Waals surface area contributed by atoms with Gasteiger partial charge in [-0.1, -0.05) is 24.3 Å². The summed E-state index contributed by atoms with van der Waals surface area (Å²) in [4.78, 5) is 16.2. The Morgan fingerprint density at radius 1 is 1.26 bits per heavy atom. The van der Waals surface area contributed by atoms with Gasteiger partial charge in [-0.25, -0.2) is 4.98 Å². The Bertz CT molecular complexity index is 662. The van der Waals surface area contributed by atoms with Gasteiger partial charge in [0.2, 0.25) is 0 Å². The number of aliphatic hydroxyl groups is 1. The van der Waals surface area contributed by atoms with Crippen molar-refractivity contribution in [3.63, 3.8) is 0 Å². The first-order valence-electron chi connectivity index (χ1n) is 7.89. The predicted molar refractivity (Wildman–Crippen MR) is 89.1 cm³/mol. The van der Waals surface area contributed by atoms with Crippen LogP contribution < -0.4 is 10.6 Å². The Kier molecular flexibility index (Phi) is 4.57. The van der Waals surface area contributed by atoms with E-state index in [0.29, 0.717) is 18.2 Å². The van der Waals surface area contributed by atoms with Crippen molar-refractivity contribution < 1.29 is 9.90 Å². The quantitative estimate of drug-likeness (QED) is 0.767. The molecule has 3 N–H and O–H groups in total. The Hall–Kier alpha value is -2.40. The second kappa shape index (κ2) is 6.79. The topological polar surface area (TPSA) is 74.2 Å². The van der Waals surface area contributed by atoms with E-state index in [-0.39, 0.29) is 5.91 Å².